The minimum atomic E-state index is -0.943. The van der Waals surface area contributed by atoms with Gasteiger partial charge in [0.2, 0.25) is 17.7 Å². The van der Waals surface area contributed by atoms with E-state index in [0.717, 1.165) is 32.3 Å². The van der Waals surface area contributed by atoms with E-state index < -0.39 is 23.9 Å². The number of amides is 7. The van der Waals surface area contributed by atoms with E-state index in [-0.39, 0.29) is 66.8 Å². The number of anilines is 2. The van der Waals surface area contributed by atoms with Gasteiger partial charge in [-0.2, -0.15) is 0 Å². The van der Waals surface area contributed by atoms with Gasteiger partial charge in [-0.05, 0) is 79.3 Å². The second-order valence-corrected chi connectivity index (χ2v) is 19.0. The van der Waals surface area contributed by atoms with Crippen molar-refractivity contribution in [2.75, 3.05) is 75.8 Å². The molecule has 3 aliphatic heterocycles. The summed E-state index contributed by atoms with van der Waals surface area (Å²) < 4.78 is 22.9. The summed E-state index contributed by atoms with van der Waals surface area (Å²) in [7, 11) is 1.61. The smallest absolute Gasteiger partial charge is 0.274 e. The average molecular weight is 1020 g/mol. The number of methoxy groups -OCH3 is 1. The first-order valence-corrected chi connectivity index (χ1v) is 25.1. The normalized spacial score (nSPS) is 16.3. The molecule has 73 heavy (non-hydrogen) atoms. The molecule has 19 nitrogen and oxygen atoms in total. The summed E-state index contributed by atoms with van der Waals surface area (Å²) >= 11 is 6.65. The van der Waals surface area contributed by atoms with E-state index in [4.69, 9.17) is 30.5 Å². The molecule has 5 heterocycles. The Morgan fingerprint density at radius 1 is 0.822 bits per heavy atom. The van der Waals surface area contributed by atoms with E-state index in [0.29, 0.717) is 105 Å². The van der Waals surface area contributed by atoms with Crippen molar-refractivity contribution in [2.24, 2.45) is 5.92 Å². The van der Waals surface area contributed by atoms with E-state index in [1.54, 1.807) is 68.0 Å². The first-order chi connectivity index (χ1) is 35.2. The van der Waals surface area contributed by atoms with Crippen molar-refractivity contribution in [3.63, 3.8) is 0 Å². The summed E-state index contributed by atoms with van der Waals surface area (Å²) in [5.74, 6) is -1.64. The minimum Gasteiger partial charge on any atom is -0.491 e. The summed E-state index contributed by atoms with van der Waals surface area (Å²) in [4.78, 5) is 102. The van der Waals surface area contributed by atoms with Gasteiger partial charge >= 0.3 is 0 Å². The Kier molecular flexibility index (Phi) is 16.8. The highest BCUT2D eigenvalue weighted by Crippen LogP contribution is 2.46. The van der Waals surface area contributed by atoms with Gasteiger partial charge in [-0.25, -0.2) is 0 Å². The number of carbonyl (C=O) groups is 7. The first kappa shape index (κ1) is 52.1. The van der Waals surface area contributed by atoms with E-state index in [1.165, 1.54) is 12.2 Å². The number of morpholine rings is 1. The number of benzene rings is 3. The van der Waals surface area contributed by atoms with E-state index in [9.17, 15) is 33.6 Å². The Bertz CT molecular complexity index is 2890. The van der Waals surface area contributed by atoms with Gasteiger partial charge in [0.05, 0.1) is 31.0 Å². The van der Waals surface area contributed by atoms with E-state index in [2.05, 4.69) is 25.9 Å². The SMILES string of the molecule is COCCOc1ccc2[nH]c(C(=O)N3C[C@@H](CCl)c4c3cc(OCc3ccc(NC(=O)[C@H](C)NC(=O)[C@@H](NC(=O)CCCCCN5C(=O)C=CC5=O)C(C)C)cc3)c3[nH]c(C(=O)N5CCOCC5)cc43)cc2c1. The lowest BCUT2D eigenvalue weighted by atomic mass is 9.98. The molecule has 0 spiro atoms. The lowest BCUT2D eigenvalue weighted by Crippen LogP contribution is -2.53. The molecule has 1 fully saturated rings. The predicted octanol–water partition coefficient (Wildman–Crippen LogP) is 5.78. The second-order valence-electron chi connectivity index (χ2n) is 18.7. The fourth-order valence-electron chi connectivity index (χ4n) is 9.15. The number of ether oxygens (including phenoxy) is 4. The molecule has 5 aromatic rings. The maximum atomic E-state index is 14.5. The summed E-state index contributed by atoms with van der Waals surface area (Å²) in [5, 5.41) is 9.86. The van der Waals surface area contributed by atoms with Gasteiger partial charge in [0.1, 0.15) is 48.2 Å². The molecule has 0 saturated carbocycles. The van der Waals surface area contributed by atoms with Gasteiger partial charge < -0.3 is 54.7 Å². The first-order valence-electron chi connectivity index (χ1n) is 24.6. The number of nitrogens with zero attached hydrogens (tertiary/aromatic N) is 3. The zero-order valence-electron chi connectivity index (χ0n) is 41.3. The molecular weight excluding hydrogens is 960 g/mol. The number of carbonyl (C=O) groups excluding carboxylic acids is 7. The highest BCUT2D eigenvalue weighted by Gasteiger charge is 2.37. The standard InChI is InChI=1S/C53H61ClN8O11/c1-31(2)48(59-44(63)8-6-5-7-17-61-45(64)15-16-46(61)65)51(67)55-32(3)50(66)56-36-11-9-33(10-12-36)30-73-43-27-42-47(38-26-41(58-49(38)43)52(68)60-18-20-71-21-19-60)35(28-54)29-62(42)53(69)40-25-34-24-37(72-23-22-70-4)13-14-39(34)57-40/h9-16,24-27,31-32,35,48,57-58H,5-8,17-23,28-30H2,1-4H3,(H,55,67)(H,56,66)(H,59,63)/t32-,35+,48-/m0/s1. The second kappa shape index (κ2) is 23.6. The lowest BCUT2D eigenvalue weighted by Gasteiger charge is -2.26. The van der Waals surface area contributed by atoms with Crippen LogP contribution in [0.4, 0.5) is 11.4 Å². The topological polar surface area (TPSA) is 234 Å². The number of hydrogen-bond acceptors (Lipinski definition) is 11. The third-order valence-electron chi connectivity index (χ3n) is 13.2. The van der Waals surface area contributed by atoms with Crippen molar-refractivity contribution < 1.29 is 52.5 Å². The molecule has 2 aromatic heterocycles. The number of nitrogens with one attached hydrogen (secondary N) is 5. The van der Waals surface area contributed by atoms with Gasteiger partial charge in [0.25, 0.3) is 23.6 Å². The molecule has 5 N–H and O–H groups in total. The van der Waals surface area contributed by atoms with Crippen molar-refractivity contribution in [1.82, 2.24) is 30.4 Å². The number of alkyl halides is 1. The number of H-pyrrole nitrogens is 2. The van der Waals surface area contributed by atoms with E-state index >= 15 is 0 Å². The molecule has 0 aliphatic carbocycles. The summed E-state index contributed by atoms with van der Waals surface area (Å²) in [6.45, 7) is 8.43. The number of imide groups is 1. The summed E-state index contributed by atoms with van der Waals surface area (Å²) in [6, 6.07) is 16.2. The van der Waals surface area contributed by atoms with Gasteiger partial charge in [-0.3, -0.25) is 38.5 Å². The van der Waals surface area contributed by atoms with E-state index in [1.807, 2.05) is 30.3 Å². The average Bonchev–Trinajstić information content (AvgIpc) is 4.19. The zero-order valence-corrected chi connectivity index (χ0v) is 42.1. The number of aromatic nitrogens is 2. The number of halogens is 1. The largest absolute Gasteiger partial charge is 0.491 e. The molecule has 3 atom stereocenters. The maximum absolute atomic E-state index is 14.5. The Morgan fingerprint density at radius 3 is 2.27 bits per heavy atom. The van der Waals surface area contributed by atoms with Crippen molar-refractivity contribution >= 4 is 86.1 Å². The van der Waals surface area contributed by atoms with Crippen molar-refractivity contribution in [3.8, 4) is 11.5 Å². The van der Waals surface area contributed by atoms with Crippen LogP contribution < -0.4 is 30.3 Å². The third-order valence-corrected chi connectivity index (χ3v) is 13.5. The number of hydrogen-bond donors (Lipinski definition) is 5. The predicted molar refractivity (Wildman–Crippen MR) is 274 cm³/mol. The molecule has 7 amide bonds. The Balaban J connectivity index is 0.922. The highest BCUT2D eigenvalue weighted by atomic mass is 35.5. The quantitative estimate of drug-likeness (QED) is 0.0317. The van der Waals surface area contributed by atoms with Crippen LogP contribution in [0.1, 0.15) is 84.5 Å². The van der Waals surface area contributed by atoms with Crippen molar-refractivity contribution in [3.05, 3.63) is 95.3 Å². The fourth-order valence-corrected chi connectivity index (χ4v) is 9.40. The van der Waals surface area contributed by atoms with Crippen LogP contribution in [-0.2, 0) is 40.1 Å². The summed E-state index contributed by atoms with van der Waals surface area (Å²) in [5.41, 5.74) is 4.78. The maximum Gasteiger partial charge on any atom is 0.274 e. The molecule has 386 valence electrons. The van der Waals surface area contributed by atoms with Gasteiger partial charge in [-0.1, -0.05) is 32.4 Å². The number of aromatic amines is 2. The Morgan fingerprint density at radius 2 is 1.56 bits per heavy atom. The van der Waals surface area contributed by atoms with Crippen LogP contribution in [0.2, 0.25) is 0 Å². The highest BCUT2D eigenvalue weighted by molar-refractivity contribution is 6.19. The van der Waals surface area contributed by atoms with Gasteiger partial charge in [-0.15, -0.1) is 11.6 Å². The molecular formula is C53H61ClN8O11. The van der Waals surface area contributed by atoms with Crippen LogP contribution in [0.15, 0.2) is 72.8 Å². The van der Waals surface area contributed by atoms with Crippen molar-refractivity contribution in [1.29, 1.82) is 0 Å². The van der Waals surface area contributed by atoms with Gasteiger partial charge in [0, 0.05) is 91.7 Å². The molecule has 20 heteroatoms. The molecule has 0 radical (unpaired) electrons. The minimum absolute atomic E-state index is 0.0880. The van der Waals surface area contributed by atoms with Crippen LogP contribution in [0.5, 0.6) is 11.5 Å². The molecule has 1 saturated heterocycles. The van der Waals surface area contributed by atoms with Crippen molar-refractivity contribution in [2.45, 2.75) is 71.1 Å². The molecule has 8 rings (SSSR count). The van der Waals surface area contributed by atoms with Crippen LogP contribution in [-0.4, -0.2) is 139 Å². The number of unbranched alkanes of at least 4 members (excludes halogenated alkanes) is 2. The number of rotatable bonds is 22. The number of fused-ring (bicyclic) bond motifs is 4. The molecule has 3 aliphatic rings. The zero-order chi connectivity index (χ0) is 51.8. The van der Waals surface area contributed by atoms with Crippen LogP contribution >= 0.6 is 11.6 Å². The lowest BCUT2D eigenvalue weighted by molar-refractivity contribution is -0.137. The third kappa shape index (κ3) is 12.2. The van der Waals surface area contributed by atoms with Crippen LogP contribution in [0.3, 0.4) is 0 Å². The van der Waals surface area contributed by atoms with Crippen LogP contribution in [0, 0.1) is 5.92 Å². The summed E-state index contributed by atoms with van der Waals surface area (Å²) in [6.07, 6.45) is 4.31. The fraction of sp³-hybridized carbons (Fsp3) is 0.415. The molecule has 3 aromatic carbocycles. The Hall–Kier alpha value is -7.22. The monoisotopic (exact) mass is 1020 g/mol. The Labute approximate surface area is 427 Å². The van der Waals surface area contributed by atoms with Crippen LogP contribution in [0.25, 0.3) is 21.8 Å². The molecule has 0 unspecified atom stereocenters. The molecule has 0 bridgehead atoms. The van der Waals surface area contributed by atoms with Gasteiger partial charge in [0.15, 0.2) is 0 Å².